The minimum atomic E-state index is 0.457. The molecule has 0 aliphatic carbocycles. The number of hydrogen-bond donors (Lipinski definition) is 0. The predicted octanol–water partition coefficient (Wildman–Crippen LogP) is 15.0. The second kappa shape index (κ2) is 17.0. The Balaban J connectivity index is 1.28. The van der Waals surface area contributed by atoms with E-state index in [1.807, 2.05) is 109 Å². The summed E-state index contributed by atoms with van der Waals surface area (Å²) in [6, 6.07) is 75.0. The Morgan fingerprint density at radius 2 is 0.731 bits per heavy atom. The molecule has 0 saturated carbocycles. The fraction of sp³-hybridized carbons (Fsp3) is 0.0328. The van der Waals surface area contributed by atoms with Gasteiger partial charge < -0.3 is 4.57 Å². The zero-order chi connectivity index (χ0) is 45.4. The average Bonchev–Trinajstić information content (AvgIpc) is 3.71. The molecule has 0 aliphatic rings. The maximum absolute atomic E-state index is 10.8. The van der Waals surface area contributed by atoms with Gasteiger partial charge in [-0.1, -0.05) is 169 Å². The van der Waals surface area contributed by atoms with Gasteiger partial charge in [0.15, 0.2) is 17.5 Å². The quantitative estimate of drug-likeness (QED) is 0.152. The summed E-state index contributed by atoms with van der Waals surface area (Å²) in [5.74, 6) is 1.52. The first-order valence-corrected chi connectivity index (χ1v) is 22.2. The molecule has 314 valence electrons. The van der Waals surface area contributed by atoms with Gasteiger partial charge in [-0.15, -0.1) is 0 Å². The molecule has 2 aromatic heterocycles. The molecule has 67 heavy (non-hydrogen) atoms. The Bertz CT molecular complexity index is 3560. The van der Waals surface area contributed by atoms with Crippen LogP contribution in [0.25, 0.3) is 106 Å². The van der Waals surface area contributed by atoms with Crippen LogP contribution in [0.4, 0.5) is 0 Å². The number of hydrogen-bond acceptors (Lipinski definition) is 5. The fourth-order valence-corrected chi connectivity index (χ4v) is 9.26. The molecule has 0 spiro atoms. The normalized spacial score (nSPS) is 11.1. The molecule has 2 heterocycles. The summed E-state index contributed by atoms with van der Waals surface area (Å²) in [7, 11) is 0. The number of nitriles is 2. The summed E-state index contributed by atoms with van der Waals surface area (Å²) in [4.78, 5) is 15.4. The number of rotatable bonds is 8. The Morgan fingerprint density at radius 3 is 1.16 bits per heavy atom. The van der Waals surface area contributed by atoms with E-state index >= 15 is 0 Å². The lowest BCUT2D eigenvalue weighted by molar-refractivity contribution is 1.07. The summed E-state index contributed by atoms with van der Waals surface area (Å²) < 4.78 is 2.32. The van der Waals surface area contributed by atoms with Gasteiger partial charge in [-0.25, -0.2) is 15.0 Å². The van der Waals surface area contributed by atoms with E-state index in [4.69, 9.17) is 15.0 Å². The van der Waals surface area contributed by atoms with Crippen LogP contribution in [-0.2, 0) is 0 Å². The van der Waals surface area contributed by atoms with E-state index < -0.39 is 0 Å². The number of nitrogens with zero attached hydrogens (tertiary/aromatic N) is 6. The van der Waals surface area contributed by atoms with Crippen LogP contribution >= 0.6 is 0 Å². The molecular formula is C61H40N6. The molecule has 6 heteroatoms. The number of fused-ring (bicyclic) bond motifs is 3. The summed E-state index contributed by atoms with van der Waals surface area (Å²) in [5.41, 5.74) is 16.1. The lowest BCUT2D eigenvalue weighted by Crippen LogP contribution is -2.05. The van der Waals surface area contributed by atoms with Gasteiger partial charge in [0.25, 0.3) is 0 Å². The van der Waals surface area contributed by atoms with Gasteiger partial charge >= 0.3 is 0 Å². The highest BCUT2D eigenvalue weighted by atomic mass is 15.0. The molecule has 6 nitrogen and oxygen atoms in total. The summed E-state index contributed by atoms with van der Waals surface area (Å²) in [6.45, 7) is 4.24. The lowest BCUT2D eigenvalue weighted by atomic mass is 9.89. The van der Waals surface area contributed by atoms with Crippen molar-refractivity contribution in [2.75, 3.05) is 0 Å². The van der Waals surface area contributed by atoms with Crippen LogP contribution in [0, 0.1) is 36.5 Å². The van der Waals surface area contributed by atoms with E-state index in [-0.39, 0.29) is 0 Å². The zero-order valence-corrected chi connectivity index (χ0v) is 36.8. The van der Waals surface area contributed by atoms with Crippen LogP contribution in [0.5, 0.6) is 0 Å². The van der Waals surface area contributed by atoms with E-state index in [2.05, 4.69) is 128 Å². The van der Waals surface area contributed by atoms with Crippen LogP contribution in [-0.4, -0.2) is 19.5 Å². The first-order valence-electron chi connectivity index (χ1n) is 22.2. The van der Waals surface area contributed by atoms with Gasteiger partial charge in [0.1, 0.15) is 0 Å². The number of benzene rings is 9. The highest BCUT2D eigenvalue weighted by Crippen LogP contribution is 2.46. The molecule has 0 atom stereocenters. The third-order valence-corrected chi connectivity index (χ3v) is 12.4. The van der Waals surface area contributed by atoms with Crippen molar-refractivity contribution in [2.45, 2.75) is 13.8 Å². The molecule has 0 aliphatic heterocycles. The van der Waals surface area contributed by atoms with Crippen LogP contribution in [0.3, 0.4) is 0 Å². The molecule has 0 saturated heterocycles. The molecule has 0 bridgehead atoms. The van der Waals surface area contributed by atoms with Crippen molar-refractivity contribution >= 4 is 21.8 Å². The van der Waals surface area contributed by atoms with Crippen molar-refractivity contribution in [1.29, 1.82) is 10.5 Å². The third kappa shape index (κ3) is 7.49. The minimum absolute atomic E-state index is 0.457. The number of aryl methyl sites for hydroxylation is 2. The second-order valence-corrected chi connectivity index (χ2v) is 16.8. The van der Waals surface area contributed by atoms with E-state index in [0.29, 0.717) is 34.2 Å². The maximum atomic E-state index is 10.8. The predicted molar refractivity (Wildman–Crippen MR) is 271 cm³/mol. The standard InChI is InChI=1S/C61H40N6/c1-39-15-13-23-43(31-39)45-27-29-56-52(33-45)53-34-46(44-24-14-16-40(2)32-44)28-30-57(53)67(56)58-54(50-25-11-9-21-47(50)37-62)35-49(36-55(58)51-26-12-10-22-48(51)38-63)61-65-59(41-17-5-3-6-18-41)64-60(66-61)42-19-7-4-8-20-42/h3-36H,1-2H3. The molecule has 11 rings (SSSR count). The van der Waals surface area contributed by atoms with Crippen molar-refractivity contribution in [2.24, 2.45) is 0 Å². The van der Waals surface area contributed by atoms with Crippen LogP contribution in [0.15, 0.2) is 206 Å². The summed E-state index contributed by atoms with van der Waals surface area (Å²) in [5, 5.41) is 23.8. The molecule has 0 radical (unpaired) electrons. The van der Waals surface area contributed by atoms with Crippen molar-refractivity contribution in [3.63, 3.8) is 0 Å². The minimum Gasteiger partial charge on any atom is -0.308 e. The largest absolute Gasteiger partial charge is 0.308 e. The van der Waals surface area contributed by atoms with Crippen LogP contribution in [0.2, 0.25) is 0 Å². The Labute approximate surface area is 389 Å². The summed E-state index contributed by atoms with van der Waals surface area (Å²) >= 11 is 0. The van der Waals surface area contributed by atoms with Crippen molar-refractivity contribution in [3.8, 4) is 96.5 Å². The van der Waals surface area contributed by atoms with E-state index in [1.54, 1.807) is 0 Å². The highest BCUT2D eigenvalue weighted by molar-refractivity contribution is 6.13. The van der Waals surface area contributed by atoms with Gasteiger partial charge in [-0.3, -0.25) is 0 Å². The molecule has 0 amide bonds. The Morgan fingerprint density at radius 1 is 0.343 bits per heavy atom. The van der Waals surface area contributed by atoms with E-state index in [1.165, 1.54) is 11.1 Å². The van der Waals surface area contributed by atoms with Crippen LogP contribution in [0.1, 0.15) is 22.3 Å². The monoisotopic (exact) mass is 856 g/mol. The van der Waals surface area contributed by atoms with Gasteiger partial charge in [0, 0.05) is 49.7 Å². The van der Waals surface area contributed by atoms with Gasteiger partial charge in [0.2, 0.25) is 0 Å². The zero-order valence-electron chi connectivity index (χ0n) is 36.8. The molecule has 9 aromatic carbocycles. The molecule has 0 unspecified atom stereocenters. The molecular weight excluding hydrogens is 817 g/mol. The van der Waals surface area contributed by atoms with E-state index in [9.17, 15) is 10.5 Å². The molecule has 0 fully saturated rings. The second-order valence-electron chi connectivity index (χ2n) is 16.8. The lowest BCUT2D eigenvalue weighted by Gasteiger charge is -2.22. The average molecular weight is 857 g/mol. The van der Waals surface area contributed by atoms with Gasteiger partial charge in [-0.05, 0) is 84.6 Å². The third-order valence-electron chi connectivity index (χ3n) is 12.4. The topological polar surface area (TPSA) is 91.2 Å². The van der Waals surface area contributed by atoms with E-state index in [0.717, 1.165) is 83.1 Å². The molecule has 11 aromatic rings. The fourth-order valence-electron chi connectivity index (χ4n) is 9.26. The highest BCUT2D eigenvalue weighted by Gasteiger charge is 2.26. The Hall–Kier alpha value is -9.23. The van der Waals surface area contributed by atoms with Gasteiger partial charge in [-0.2, -0.15) is 10.5 Å². The number of aromatic nitrogens is 4. The smallest absolute Gasteiger partial charge is 0.164 e. The van der Waals surface area contributed by atoms with Crippen molar-refractivity contribution < 1.29 is 0 Å². The molecule has 0 N–H and O–H groups in total. The SMILES string of the molecule is Cc1cccc(-c2ccc3c(c2)c2cc(-c4cccc(C)c4)ccc2n3-c2c(-c3ccccc3C#N)cc(-c3nc(-c4ccccc4)nc(-c4ccccc4)n3)cc2-c2ccccc2C#N)c1. The first-order chi connectivity index (χ1) is 32.9. The van der Waals surface area contributed by atoms with Crippen molar-refractivity contribution in [1.82, 2.24) is 19.5 Å². The van der Waals surface area contributed by atoms with Gasteiger partial charge in [0.05, 0.1) is 40.0 Å². The van der Waals surface area contributed by atoms with Crippen LogP contribution < -0.4 is 0 Å². The van der Waals surface area contributed by atoms with Crippen molar-refractivity contribution in [3.05, 3.63) is 229 Å². The summed E-state index contributed by atoms with van der Waals surface area (Å²) in [6.07, 6.45) is 0. The maximum Gasteiger partial charge on any atom is 0.164 e. The Kier molecular flexibility index (Phi) is 10.3. The first kappa shape index (κ1) is 40.5.